The van der Waals surface area contributed by atoms with Crippen LogP contribution in [0.25, 0.3) is 0 Å². The number of hydrogen-bond acceptors (Lipinski definition) is 6. The molecule has 8 heteroatoms. The topological polar surface area (TPSA) is 88.5 Å². The van der Waals surface area contributed by atoms with Gasteiger partial charge in [0.05, 0.1) is 19.1 Å². The standard InChI is InChI=1S/C27H34N2O6/c1-5-13-28(6-2)26(30)17(3)29-15-21(19-9-12-22-23(14-19)35-16-34-22)24(27(31)32)25(29)18-7-10-20(33-4)11-8-18/h7-12,14,17,21,24-25H,5-6,13,15-16H2,1-4H3,(H,31,32)/t17?,21-,24+,25-/m1/s1. The van der Waals surface area contributed by atoms with Crippen LogP contribution < -0.4 is 14.2 Å². The fourth-order valence-corrected chi connectivity index (χ4v) is 5.34. The Morgan fingerprint density at radius 3 is 2.43 bits per heavy atom. The van der Waals surface area contributed by atoms with Crippen molar-refractivity contribution in [1.82, 2.24) is 9.80 Å². The van der Waals surface area contributed by atoms with Crippen molar-refractivity contribution in [2.75, 3.05) is 33.5 Å². The molecule has 4 rings (SSSR count). The number of carbonyl (C=O) groups is 2. The molecule has 2 aromatic carbocycles. The van der Waals surface area contributed by atoms with Crippen molar-refractivity contribution in [2.45, 2.75) is 45.2 Å². The third kappa shape index (κ3) is 4.80. The van der Waals surface area contributed by atoms with Crippen molar-refractivity contribution in [1.29, 1.82) is 0 Å². The normalized spacial score (nSPS) is 22.1. The summed E-state index contributed by atoms with van der Waals surface area (Å²) in [6.45, 7) is 7.79. The van der Waals surface area contributed by atoms with Gasteiger partial charge in [0.1, 0.15) is 5.75 Å². The van der Waals surface area contributed by atoms with Gasteiger partial charge in [-0.3, -0.25) is 14.5 Å². The Morgan fingerprint density at radius 1 is 1.11 bits per heavy atom. The molecular formula is C27H34N2O6. The quantitative estimate of drug-likeness (QED) is 0.580. The zero-order chi connectivity index (χ0) is 25.1. The molecule has 188 valence electrons. The molecular weight excluding hydrogens is 448 g/mol. The van der Waals surface area contributed by atoms with Crippen LogP contribution in [0.3, 0.4) is 0 Å². The van der Waals surface area contributed by atoms with Crippen LogP contribution in [0.4, 0.5) is 0 Å². The number of carboxylic acid groups (broad SMARTS) is 1. The summed E-state index contributed by atoms with van der Waals surface area (Å²) in [4.78, 5) is 30.1. The lowest BCUT2D eigenvalue weighted by atomic mass is 9.82. The number of carbonyl (C=O) groups excluding carboxylic acids is 1. The second kappa shape index (κ2) is 10.6. The van der Waals surface area contributed by atoms with Crippen LogP contribution in [0.15, 0.2) is 42.5 Å². The van der Waals surface area contributed by atoms with Gasteiger partial charge < -0.3 is 24.2 Å². The molecule has 2 aliphatic rings. The first-order valence-corrected chi connectivity index (χ1v) is 12.2. The zero-order valence-electron chi connectivity index (χ0n) is 20.8. The van der Waals surface area contributed by atoms with E-state index in [1.807, 2.05) is 68.1 Å². The molecule has 1 saturated heterocycles. The fraction of sp³-hybridized carbons (Fsp3) is 0.481. The van der Waals surface area contributed by atoms with Crippen LogP contribution in [-0.2, 0) is 9.59 Å². The van der Waals surface area contributed by atoms with Gasteiger partial charge in [-0.2, -0.15) is 0 Å². The minimum absolute atomic E-state index is 0.0170. The molecule has 1 amide bonds. The van der Waals surface area contributed by atoms with E-state index in [2.05, 4.69) is 4.90 Å². The first-order valence-electron chi connectivity index (χ1n) is 12.2. The Hall–Kier alpha value is -3.26. The molecule has 1 N–H and O–H groups in total. The highest BCUT2D eigenvalue weighted by atomic mass is 16.7. The van der Waals surface area contributed by atoms with Gasteiger partial charge in [0.15, 0.2) is 11.5 Å². The lowest BCUT2D eigenvalue weighted by molar-refractivity contribution is -0.144. The third-order valence-corrected chi connectivity index (χ3v) is 7.15. The molecule has 0 spiro atoms. The number of carboxylic acids is 1. The van der Waals surface area contributed by atoms with E-state index in [1.54, 1.807) is 7.11 Å². The fourth-order valence-electron chi connectivity index (χ4n) is 5.34. The van der Waals surface area contributed by atoms with Gasteiger partial charge in [-0.25, -0.2) is 0 Å². The molecule has 35 heavy (non-hydrogen) atoms. The number of rotatable bonds is 9. The van der Waals surface area contributed by atoms with E-state index in [0.717, 1.165) is 17.5 Å². The number of likely N-dealkylation sites (N-methyl/N-ethyl adjacent to an activating group) is 1. The lowest BCUT2D eigenvalue weighted by Crippen LogP contribution is -2.47. The molecule has 0 radical (unpaired) electrons. The summed E-state index contributed by atoms with van der Waals surface area (Å²) in [5, 5.41) is 10.4. The third-order valence-electron chi connectivity index (χ3n) is 7.15. The molecule has 0 saturated carbocycles. The first-order chi connectivity index (χ1) is 16.9. The van der Waals surface area contributed by atoms with Gasteiger partial charge in [-0.1, -0.05) is 25.1 Å². The molecule has 4 atom stereocenters. The van der Waals surface area contributed by atoms with Crippen LogP contribution in [0.1, 0.15) is 50.3 Å². The van der Waals surface area contributed by atoms with E-state index in [9.17, 15) is 14.7 Å². The smallest absolute Gasteiger partial charge is 0.309 e. The molecule has 8 nitrogen and oxygen atoms in total. The summed E-state index contributed by atoms with van der Waals surface area (Å²) in [6.07, 6.45) is 0.867. The first kappa shape index (κ1) is 24.9. The maximum atomic E-state index is 13.5. The Morgan fingerprint density at radius 2 is 1.80 bits per heavy atom. The van der Waals surface area contributed by atoms with Crippen LogP contribution in [0.5, 0.6) is 17.2 Å². The van der Waals surface area contributed by atoms with Gasteiger partial charge in [0.25, 0.3) is 0 Å². The summed E-state index contributed by atoms with van der Waals surface area (Å²) in [5.41, 5.74) is 1.71. The number of ether oxygens (including phenoxy) is 3. The van der Waals surface area contributed by atoms with E-state index < -0.39 is 24.0 Å². The average Bonchev–Trinajstić information content (AvgIpc) is 3.51. The maximum absolute atomic E-state index is 13.5. The Bertz CT molecular complexity index is 1060. The number of aliphatic carboxylic acids is 1. The minimum atomic E-state index is -0.892. The lowest BCUT2D eigenvalue weighted by Gasteiger charge is -2.34. The molecule has 0 aliphatic carbocycles. The molecule has 0 bridgehead atoms. The number of amides is 1. The van der Waals surface area contributed by atoms with Gasteiger partial charge in [0.2, 0.25) is 12.7 Å². The van der Waals surface area contributed by atoms with E-state index in [4.69, 9.17) is 14.2 Å². The number of hydrogen-bond donors (Lipinski definition) is 1. The van der Waals surface area contributed by atoms with E-state index in [1.165, 1.54) is 0 Å². The highest BCUT2D eigenvalue weighted by molar-refractivity contribution is 5.82. The highest BCUT2D eigenvalue weighted by Gasteiger charge is 2.50. The predicted octanol–water partition coefficient (Wildman–Crippen LogP) is 3.91. The Balaban J connectivity index is 1.75. The maximum Gasteiger partial charge on any atom is 0.309 e. The summed E-state index contributed by atoms with van der Waals surface area (Å²) in [7, 11) is 1.60. The van der Waals surface area contributed by atoms with Crippen molar-refractivity contribution < 1.29 is 28.9 Å². The summed E-state index contributed by atoms with van der Waals surface area (Å²) >= 11 is 0. The largest absolute Gasteiger partial charge is 0.497 e. The summed E-state index contributed by atoms with van der Waals surface area (Å²) in [5.74, 6) is 0.0201. The van der Waals surface area contributed by atoms with E-state index in [0.29, 0.717) is 36.9 Å². The monoisotopic (exact) mass is 482 g/mol. The number of fused-ring (bicyclic) bond motifs is 1. The van der Waals surface area contributed by atoms with Gasteiger partial charge in [-0.05, 0) is 55.7 Å². The summed E-state index contributed by atoms with van der Waals surface area (Å²) < 4.78 is 16.3. The molecule has 2 heterocycles. The molecule has 2 aliphatic heterocycles. The minimum Gasteiger partial charge on any atom is -0.497 e. The Kier molecular flexibility index (Phi) is 7.50. The van der Waals surface area contributed by atoms with Gasteiger partial charge in [0, 0.05) is 31.6 Å². The van der Waals surface area contributed by atoms with Crippen LogP contribution in [-0.4, -0.2) is 66.4 Å². The second-order valence-electron chi connectivity index (χ2n) is 9.09. The zero-order valence-corrected chi connectivity index (χ0v) is 20.8. The van der Waals surface area contributed by atoms with Crippen molar-refractivity contribution in [3.05, 3.63) is 53.6 Å². The molecule has 0 aromatic heterocycles. The Labute approximate surface area is 206 Å². The van der Waals surface area contributed by atoms with Crippen LogP contribution in [0, 0.1) is 5.92 Å². The van der Waals surface area contributed by atoms with E-state index in [-0.39, 0.29) is 18.6 Å². The summed E-state index contributed by atoms with van der Waals surface area (Å²) in [6, 6.07) is 12.1. The van der Waals surface area contributed by atoms with E-state index >= 15 is 0 Å². The molecule has 1 unspecified atom stereocenters. The molecule has 1 fully saturated rings. The van der Waals surface area contributed by atoms with Gasteiger partial charge >= 0.3 is 5.97 Å². The average molecular weight is 483 g/mol. The van der Waals surface area contributed by atoms with Crippen molar-refractivity contribution in [3.8, 4) is 17.2 Å². The van der Waals surface area contributed by atoms with Crippen molar-refractivity contribution in [2.24, 2.45) is 5.92 Å². The molecule has 2 aromatic rings. The number of nitrogens with zero attached hydrogens (tertiary/aromatic N) is 2. The van der Waals surface area contributed by atoms with Crippen molar-refractivity contribution >= 4 is 11.9 Å². The predicted molar refractivity (Wildman–Crippen MR) is 131 cm³/mol. The van der Waals surface area contributed by atoms with Crippen LogP contribution >= 0.6 is 0 Å². The second-order valence-corrected chi connectivity index (χ2v) is 9.09. The van der Waals surface area contributed by atoms with Crippen molar-refractivity contribution in [3.63, 3.8) is 0 Å². The number of methoxy groups -OCH3 is 1. The SMILES string of the molecule is CCCN(CC)C(=O)C(C)N1C[C@H](c2ccc3c(c2)OCO3)[C@H](C(=O)O)[C@H]1c1ccc(OC)cc1. The van der Waals surface area contributed by atoms with Crippen LogP contribution in [0.2, 0.25) is 0 Å². The number of likely N-dealkylation sites (tertiary alicyclic amines) is 1. The van der Waals surface area contributed by atoms with Gasteiger partial charge in [-0.15, -0.1) is 0 Å². The highest BCUT2D eigenvalue weighted by Crippen LogP contribution is 2.48. The number of benzene rings is 2.